The molecule has 0 amide bonds. The van der Waals surface area contributed by atoms with Crippen LogP contribution in [0.5, 0.6) is 5.75 Å². The van der Waals surface area contributed by atoms with Gasteiger partial charge in [0, 0.05) is 36.0 Å². The largest absolute Gasteiger partial charge is 0.490 e. The van der Waals surface area contributed by atoms with Crippen molar-refractivity contribution in [2.75, 3.05) is 31.5 Å². The Morgan fingerprint density at radius 2 is 1.75 bits per heavy atom. The second kappa shape index (κ2) is 10.7. The Balaban J connectivity index is 1.50. The molecule has 9 heteroatoms. The third kappa shape index (κ3) is 5.16. The summed E-state index contributed by atoms with van der Waals surface area (Å²) >= 11 is 0. The lowest BCUT2D eigenvalue weighted by molar-refractivity contribution is 0.0256. The van der Waals surface area contributed by atoms with Crippen LogP contribution in [-0.2, 0) is 18.3 Å². The number of fused-ring (bicyclic) bond motifs is 1. The SMILES string of the molecule is CCOP(=O)(Nc1ccc(-c2c(C#N)c3ccc(OC4CCOCC4)cc3n2C2CC2)cc1)OCC. The van der Waals surface area contributed by atoms with E-state index in [1.807, 2.05) is 36.4 Å². The van der Waals surface area contributed by atoms with Crippen LogP contribution < -0.4 is 9.82 Å². The normalized spacial score (nSPS) is 16.7. The Bertz CT molecular complexity index is 1290. The van der Waals surface area contributed by atoms with Crippen molar-refractivity contribution in [1.29, 1.82) is 5.26 Å². The molecule has 36 heavy (non-hydrogen) atoms. The number of hydrogen-bond acceptors (Lipinski definition) is 6. The Morgan fingerprint density at radius 3 is 2.36 bits per heavy atom. The third-order valence-electron chi connectivity index (χ3n) is 6.49. The van der Waals surface area contributed by atoms with Crippen LogP contribution in [0.25, 0.3) is 22.2 Å². The van der Waals surface area contributed by atoms with Crippen LogP contribution in [0.4, 0.5) is 5.69 Å². The number of ether oxygens (including phenoxy) is 2. The molecule has 0 bridgehead atoms. The van der Waals surface area contributed by atoms with Gasteiger partial charge in [0.25, 0.3) is 0 Å². The summed E-state index contributed by atoms with van der Waals surface area (Å²) in [4.78, 5) is 0. The van der Waals surface area contributed by atoms with Gasteiger partial charge in [0.2, 0.25) is 0 Å². The summed E-state index contributed by atoms with van der Waals surface area (Å²) in [6, 6.07) is 16.4. The number of aromatic nitrogens is 1. The minimum atomic E-state index is -3.43. The predicted octanol–water partition coefficient (Wildman–Crippen LogP) is 6.67. The van der Waals surface area contributed by atoms with E-state index in [2.05, 4.69) is 21.8 Å². The lowest BCUT2D eigenvalue weighted by Gasteiger charge is -2.23. The molecule has 1 aromatic heterocycles. The second-order valence-electron chi connectivity index (χ2n) is 9.07. The van der Waals surface area contributed by atoms with Crippen molar-refractivity contribution in [3.63, 3.8) is 0 Å². The van der Waals surface area contributed by atoms with Crippen LogP contribution in [0.3, 0.4) is 0 Å². The molecule has 1 saturated heterocycles. The van der Waals surface area contributed by atoms with E-state index >= 15 is 0 Å². The van der Waals surface area contributed by atoms with E-state index in [9.17, 15) is 9.83 Å². The van der Waals surface area contributed by atoms with E-state index in [1.165, 1.54) is 0 Å². The van der Waals surface area contributed by atoms with E-state index in [-0.39, 0.29) is 19.3 Å². The van der Waals surface area contributed by atoms with E-state index in [1.54, 1.807) is 13.8 Å². The number of nitrogens with one attached hydrogen (secondary N) is 1. The van der Waals surface area contributed by atoms with Crippen molar-refractivity contribution in [2.24, 2.45) is 0 Å². The minimum Gasteiger partial charge on any atom is -0.490 e. The molecular formula is C27H32N3O5P. The first-order valence-electron chi connectivity index (χ1n) is 12.7. The molecule has 2 heterocycles. The second-order valence-corrected chi connectivity index (χ2v) is 10.8. The van der Waals surface area contributed by atoms with E-state index < -0.39 is 7.75 Å². The van der Waals surface area contributed by atoms with Crippen LogP contribution in [0.1, 0.15) is 51.1 Å². The average molecular weight is 510 g/mol. The molecule has 2 aliphatic rings. The first-order chi connectivity index (χ1) is 17.5. The van der Waals surface area contributed by atoms with Crippen molar-refractivity contribution in [2.45, 2.75) is 51.7 Å². The molecular weight excluding hydrogens is 477 g/mol. The molecule has 0 atom stereocenters. The fourth-order valence-electron chi connectivity index (χ4n) is 4.76. The monoisotopic (exact) mass is 509 g/mol. The van der Waals surface area contributed by atoms with E-state index in [4.69, 9.17) is 18.5 Å². The summed E-state index contributed by atoms with van der Waals surface area (Å²) < 4.78 is 37.6. The van der Waals surface area contributed by atoms with Gasteiger partial charge in [-0.3, -0.25) is 14.1 Å². The fraction of sp³-hybridized carbons (Fsp3) is 0.444. The number of rotatable bonds is 10. The Morgan fingerprint density at radius 1 is 1.06 bits per heavy atom. The summed E-state index contributed by atoms with van der Waals surface area (Å²) in [7, 11) is -3.43. The highest BCUT2D eigenvalue weighted by molar-refractivity contribution is 7.55. The standard InChI is InChI=1S/C27H32N3O5P/c1-3-33-36(31,34-4-2)29-20-7-5-19(6-8-20)27-25(18-28)24-12-11-23(35-22-13-15-32-16-14-22)17-26(24)30(27)21-9-10-21/h5-8,11-12,17,21-22H,3-4,9-10,13-16H2,1-2H3,(H,29,31). The maximum atomic E-state index is 12.9. The van der Waals surface area contributed by atoms with Crippen LogP contribution in [0.2, 0.25) is 0 Å². The van der Waals surface area contributed by atoms with Crippen molar-refractivity contribution >= 4 is 24.3 Å². The van der Waals surface area contributed by atoms with Gasteiger partial charge in [-0.15, -0.1) is 0 Å². The molecule has 0 unspecified atom stereocenters. The molecule has 1 saturated carbocycles. The number of hydrogen-bond donors (Lipinski definition) is 1. The Kier molecular flexibility index (Phi) is 7.36. The molecule has 1 aliphatic heterocycles. The van der Waals surface area contributed by atoms with Gasteiger partial charge < -0.3 is 14.0 Å². The summed E-state index contributed by atoms with van der Waals surface area (Å²) in [6.07, 6.45) is 4.09. The smallest absolute Gasteiger partial charge is 0.432 e. The summed E-state index contributed by atoms with van der Waals surface area (Å²) in [5.74, 6) is 0.826. The Hall–Kier alpha value is -2.82. The number of benzene rings is 2. The Labute approximate surface area is 211 Å². The summed E-state index contributed by atoms with van der Waals surface area (Å²) in [5, 5.41) is 14.0. The highest BCUT2D eigenvalue weighted by Crippen LogP contribution is 2.49. The van der Waals surface area contributed by atoms with Gasteiger partial charge >= 0.3 is 7.75 Å². The molecule has 0 spiro atoms. The zero-order valence-electron chi connectivity index (χ0n) is 20.7. The van der Waals surface area contributed by atoms with Crippen LogP contribution in [0, 0.1) is 11.3 Å². The first kappa shape index (κ1) is 24.9. The molecule has 1 N–H and O–H groups in total. The molecule has 2 fully saturated rings. The maximum Gasteiger partial charge on any atom is 0.432 e. The topological polar surface area (TPSA) is 94.7 Å². The van der Waals surface area contributed by atoms with Crippen molar-refractivity contribution in [1.82, 2.24) is 4.57 Å². The zero-order valence-corrected chi connectivity index (χ0v) is 21.6. The number of nitrogens with zero attached hydrogens (tertiary/aromatic N) is 2. The quantitative estimate of drug-likeness (QED) is 0.305. The van der Waals surface area contributed by atoms with Gasteiger partial charge in [0.1, 0.15) is 17.9 Å². The summed E-state index contributed by atoms with van der Waals surface area (Å²) in [5.41, 5.74) is 4.14. The number of nitriles is 1. The van der Waals surface area contributed by atoms with Crippen molar-refractivity contribution in [3.05, 3.63) is 48.0 Å². The van der Waals surface area contributed by atoms with Crippen LogP contribution >= 0.6 is 7.75 Å². The van der Waals surface area contributed by atoms with Crippen LogP contribution in [0.15, 0.2) is 42.5 Å². The highest BCUT2D eigenvalue weighted by Gasteiger charge is 2.31. The number of anilines is 1. The van der Waals surface area contributed by atoms with Crippen LogP contribution in [-0.4, -0.2) is 37.1 Å². The van der Waals surface area contributed by atoms with Crippen molar-refractivity contribution in [3.8, 4) is 23.1 Å². The lowest BCUT2D eigenvalue weighted by atomic mass is 10.1. The molecule has 3 aromatic rings. The maximum absolute atomic E-state index is 12.9. The minimum absolute atomic E-state index is 0.153. The fourth-order valence-corrected chi connectivity index (χ4v) is 6.11. The van der Waals surface area contributed by atoms with Gasteiger partial charge in [-0.05, 0) is 56.5 Å². The highest BCUT2D eigenvalue weighted by atomic mass is 31.2. The van der Waals surface area contributed by atoms with Gasteiger partial charge in [0.15, 0.2) is 0 Å². The van der Waals surface area contributed by atoms with Crippen molar-refractivity contribution < 1.29 is 23.1 Å². The third-order valence-corrected chi connectivity index (χ3v) is 8.22. The molecule has 2 aromatic carbocycles. The predicted molar refractivity (Wildman–Crippen MR) is 139 cm³/mol. The lowest BCUT2D eigenvalue weighted by Crippen LogP contribution is -2.25. The molecule has 0 radical (unpaired) electrons. The van der Waals surface area contributed by atoms with Gasteiger partial charge in [-0.25, -0.2) is 4.57 Å². The average Bonchev–Trinajstić information content (AvgIpc) is 3.66. The summed E-state index contributed by atoms with van der Waals surface area (Å²) in [6.45, 7) is 5.55. The van der Waals surface area contributed by atoms with E-state index in [0.29, 0.717) is 17.3 Å². The van der Waals surface area contributed by atoms with Gasteiger partial charge in [0.05, 0.1) is 43.2 Å². The molecule has 190 valence electrons. The van der Waals surface area contributed by atoms with Gasteiger partial charge in [-0.1, -0.05) is 12.1 Å². The molecule has 8 nitrogen and oxygen atoms in total. The molecule has 1 aliphatic carbocycles. The first-order valence-corrected chi connectivity index (χ1v) is 14.2. The molecule has 5 rings (SSSR count). The van der Waals surface area contributed by atoms with E-state index in [0.717, 1.165) is 66.8 Å². The van der Waals surface area contributed by atoms with Gasteiger partial charge in [-0.2, -0.15) is 5.26 Å². The zero-order chi connectivity index (χ0) is 25.1.